The largest absolute Gasteiger partial charge is 0.476 e. The number of carboxylic acids is 1. The van der Waals surface area contributed by atoms with Crippen molar-refractivity contribution in [3.63, 3.8) is 0 Å². The standard InChI is InChI=1S/C13H12ClN3O2/c14-10-4-2-1-3-9(10)7-17-12(8-5-6-8)11(13(18)19)15-16-17/h1-4,8H,5-7H2,(H,18,19). The molecule has 0 aliphatic heterocycles. The summed E-state index contributed by atoms with van der Waals surface area (Å²) in [5.41, 5.74) is 1.69. The van der Waals surface area contributed by atoms with Crippen molar-refractivity contribution in [1.82, 2.24) is 15.0 Å². The minimum Gasteiger partial charge on any atom is -0.476 e. The van der Waals surface area contributed by atoms with Crippen LogP contribution in [0.15, 0.2) is 24.3 Å². The lowest BCUT2D eigenvalue weighted by atomic mass is 10.2. The third-order valence-electron chi connectivity index (χ3n) is 3.22. The van der Waals surface area contributed by atoms with Gasteiger partial charge in [0.25, 0.3) is 0 Å². The molecule has 0 radical (unpaired) electrons. The predicted octanol–water partition coefficient (Wildman–Crippen LogP) is 2.56. The minimum absolute atomic E-state index is 0.0644. The summed E-state index contributed by atoms with van der Waals surface area (Å²) < 4.78 is 1.66. The lowest BCUT2D eigenvalue weighted by molar-refractivity contribution is 0.0689. The van der Waals surface area contributed by atoms with Crippen molar-refractivity contribution in [3.05, 3.63) is 46.2 Å². The predicted molar refractivity (Wildman–Crippen MR) is 69.5 cm³/mol. The highest BCUT2D eigenvalue weighted by Crippen LogP contribution is 2.41. The summed E-state index contributed by atoms with van der Waals surface area (Å²) in [6.07, 6.45) is 1.99. The van der Waals surface area contributed by atoms with Crippen LogP contribution in [0.5, 0.6) is 0 Å². The van der Waals surface area contributed by atoms with Gasteiger partial charge in [0.1, 0.15) is 0 Å². The van der Waals surface area contributed by atoms with Crippen molar-refractivity contribution in [3.8, 4) is 0 Å². The molecule has 1 aromatic carbocycles. The Morgan fingerprint density at radius 2 is 2.16 bits per heavy atom. The first kappa shape index (κ1) is 12.2. The molecule has 0 amide bonds. The molecule has 0 bridgehead atoms. The first-order chi connectivity index (χ1) is 9.16. The first-order valence-electron chi connectivity index (χ1n) is 6.07. The van der Waals surface area contributed by atoms with Gasteiger partial charge in [0.05, 0.1) is 12.2 Å². The van der Waals surface area contributed by atoms with Gasteiger partial charge in [-0.15, -0.1) is 5.10 Å². The van der Waals surface area contributed by atoms with Crippen molar-refractivity contribution in [2.45, 2.75) is 25.3 Å². The number of aromatic carboxylic acids is 1. The molecule has 2 aromatic rings. The SMILES string of the molecule is O=C(O)c1nnn(Cc2ccccc2Cl)c1C1CC1. The monoisotopic (exact) mass is 277 g/mol. The van der Waals surface area contributed by atoms with Gasteiger partial charge in [-0.25, -0.2) is 9.48 Å². The van der Waals surface area contributed by atoms with E-state index in [2.05, 4.69) is 10.3 Å². The fraction of sp³-hybridized carbons (Fsp3) is 0.308. The molecule has 1 N–H and O–H groups in total. The summed E-state index contributed by atoms with van der Waals surface area (Å²) in [7, 11) is 0. The number of halogens is 1. The Bertz CT molecular complexity index is 635. The second kappa shape index (κ2) is 4.66. The van der Waals surface area contributed by atoms with E-state index in [0.717, 1.165) is 18.4 Å². The highest BCUT2D eigenvalue weighted by atomic mass is 35.5. The average molecular weight is 278 g/mol. The van der Waals surface area contributed by atoms with Gasteiger partial charge in [-0.2, -0.15) is 0 Å². The van der Waals surface area contributed by atoms with E-state index >= 15 is 0 Å². The van der Waals surface area contributed by atoms with Crippen molar-refractivity contribution < 1.29 is 9.90 Å². The summed E-state index contributed by atoms with van der Waals surface area (Å²) in [6.45, 7) is 0.450. The fourth-order valence-electron chi connectivity index (χ4n) is 2.14. The van der Waals surface area contributed by atoms with E-state index in [-0.39, 0.29) is 11.6 Å². The minimum atomic E-state index is -1.02. The molecule has 1 saturated carbocycles. The summed E-state index contributed by atoms with van der Waals surface area (Å²) in [6, 6.07) is 7.47. The summed E-state index contributed by atoms with van der Waals surface area (Å²) in [5, 5.41) is 17.5. The normalized spacial score (nSPS) is 14.6. The van der Waals surface area contributed by atoms with Gasteiger partial charge in [0.15, 0.2) is 5.69 Å². The third kappa shape index (κ3) is 2.33. The van der Waals surface area contributed by atoms with Gasteiger partial charge >= 0.3 is 5.97 Å². The Labute approximate surface area is 114 Å². The van der Waals surface area contributed by atoms with Crippen LogP contribution in [0.4, 0.5) is 0 Å². The number of benzene rings is 1. The lowest BCUT2D eigenvalue weighted by Gasteiger charge is -2.07. The zero-order chi connectivity index (χ0) is 13.4. The van der Waals surface area contributed by atoms with Crippen LogP contribution < -0.4 is 0 Å². The lowest BCUT2D eigenvalue weighted by Crippen LogP contribution is -2.08. The number of hydrogen-bond donors (Lipinski definition) is 1. The van der Waals surface area contributed by atoms with Crippen LogP contribution >= 0.6 is 11.6 Å². The van der Waals surface area contributed by atoms with E-state index in [1.54, 1.807) is 4.68 Å². The maximum atomic E-state index is 11.1. The van der Waals surface area contributed by atoms with Crippen LogP contribution in [0.25, 0.3) is 0 Å². The van der Waals surface area contributed by atoms with Crippen LogP contribution in [0.1, 0.15) is 40.5 Å². The van der Waals surface area contributed by atoms with Crippen molar-refractivity contribution in [1.29, 1.82) is 0 Å². The molecule has 0 unspecified atom stereocenters. The van der Waals surface area contributed by atoms with E-state index in [0.29, 0.717) is 17.3 Å². The number of hydrogen-bond acceptors (Lipinski definition) is 3. The maximum Gasteiger partial charge on any atom is 0.358 e. The van der Waals surface area contributed by atoms with E-state index in [1.165, 1.54) is 0 Å². The average Bonchev–Trinajstić information content (AvgIpc) is 3.13. The zero-order valence-corrected chi connectivity index (χ0v) is 10.8. The smallest absolute Gasteiger partial charge is 0.358 e. The van der Waals surface area contributed by atoms with Crippen molar-refractivity contribution in [2.75, 3.05) is 0 Å². The fourth-order valence-corrected chi connectivity index (χ4v) is 2.33. The van der Waals surface area contributed by atoms with Gasteiger partial charge in [0.2, 0.25) is 0 Å². The zero-order valence-electron chi connectivity index (χ0n) is 10.1. The van der Waals surface area contributed by atoms with E-state index in [9.17, 15) is 4.79 Å². The van der Waals surface area contributed by atoms with Crippen LogP contribution in [-0.2, 0) is 6.54 Å². The highest BCUT2D eigenvalue weighted by Gasteiger charge is 2.33. The topological polar surface area (TPSA) is 68.0 Å². The first-order valence-corrected chi connectivity index (χ1v) is 6.44. The molecule has 1 aliphatic rings. The van der Waals surface area contributed by atoms with Crippen LogP contribution in [0, 0.1) is 0 Å². The molecule has 1 aromatic heterocycles. The molecule has 1 aliphatic carbocycles. The Hall–Kier alpha value is -1.88. The molecule has 0 spiro atoms. The van der Waals surface area contributed by atoms with E-state index in [1.807, 2.05) is 24.3 Å². The number of carbonyl (C=O) groups is 1. The molecular weight excluding hydrogens is 266 g/mol. The number of aromatic nitrogens is 3. The Morgan fingerprint density at radius 3 is 2.79 bits per heavy atom. The van der Waals surface area contributed by atoms with Gasteiger partial charge < -0.3 is 5.11 Å². The second-order valence-corrected chi connectivity index (χ2v) is 5.06. The van der Waals surface area contributed by atoms with Gasteiger partial charge in [-0.1, -0.05) is 35.0 Å². The molecule has 1 heterocycles. The van der Waals surface area contributed by atoms with Crippen LogP contribution in [0.3, 0.4) is 0 Å². The molecular formula is C13H12ClN3O2. The van der Waals surface area contributed by atoms with Crippen molar-refractivity contribution >= 4 is 17.6 Å². The van der Waals surface area contributed by atoms with Gasteiger partial charge in [0, 0.05) is 10.9 Å². The number of rotatable bonds is 4. The van der Waals surface area contributed by atoms with Crippen LogP contribution in [0.2, 0.25) is 5.02 Å². The van der Waals surface area contributed by atoms with Crippen LogP contribution in [-0.4, -0.2) is 26.1 Å². The summed E-state index contributed by atoms with van der Waals surface area (Å²) >= 11 is 6.11. The Kier molecular flexibility index (Phi) is 2.98. The molecule has 19 heavy (non-hydrogen) atoms. The Balaban J connectivity index is 1.97. The van der Waals surface area contributed by atoms with E-state index in [4.69, 9.17) is 16.7 Å². The maximum absolute atomic E-state index is 11.1. The van der Waals surface area contributed by atoms with E-state index < -0.39 is 5.97 Å². The molecule has 1 fully saturated rings. The second-order valence-electron chi connectivity index (χ2n) is 4.65. The molecule has 0 atom stereocenters. The number of nitrogens with zero attached hydrogens (tertiary/aromatic N) is 3. The molecule has 98 valence electrons. The third-order valence-corrected chi connectivity index (χ3v) is 3.59. The molecule has 5 nitrogen and oxygen atoms in total. The summed E-state index contributed by atoms with van der Waals surface area (Å²) in [5.74, 6) is -0.754. The molecule has 0 saturated heterocycles. The van der Waals surface area contributed by atoms with Gasteiger partial charge in [-0.05, 0) is 24.5 Å². The summed E-state index contributed by atoms with van der Waals surface area (Å²) in [4.78, 5) is 11.1. The van der Waals surface area contributed by atoms with Gasteiger partial charge in [-0.3, -0.25) is 0 Å². The van der Waals surface area contributed by atoms with Crippen molar-refractivity contribution in [2.24, 2.45) is 0 Å². The quantitative estimate of drug-likeness (QED) is 0.932. The Morgan fingerprint density at radius 1 is 1.42 bits per heavy atom. The number of carboxylic acid groups (broad SMARTS) is 1. The molecule has 6 heteroatoms. The molecule has 3 rings (SSSR count). The highest BCUT2D eigenvalue weighted by molar-refractivity contribution is 6.31.